The number of benzene rings is 1. The Bertz CT molecular complexity index is 756. The van der Waals surface area contributed by atoms with E-state index in [2.05, 4.69) is 15.3 Å². The fourth-order valence-corrected chi connectivity index (χ4v) is 2.80. The molecule has 0 spiro atoms. The SMILES string of the molecule is Cc1cc(C)nc(CNC(=O)NS(=O)(=O)c2ccccc2)n1. The molecule has 7 nitrogen and oxygen atoms in total. The Morgan fingerprint density at radius 1 is 1.09 bits per heavy atom. The molecule has 0 atom stereocenters. The van der Waals surface area contributed by atoms with E-state index >= 15 is 0 Å². The maximum atomic E-state index is 12.0. The van der Waals surface area contributed by atoms with E-state index in [1.54, 1.807) is 18.2 Å². The van der Waals surface area contributed by atoms with Crippen molar-refractivity contribution in [3.05, 3.63) is 53.6 Å². The number of aryl methyl sites for hydroxylation is 2. The zero-order valence-electron chi connectivity index (χ0n) is 12.2. The molecule has 1 aromatic heterocycles. The first kappa shape index (κ1) is 15.9. The third-order valence-corrected chi connectivity index (χ3v) is 4.06. The van der Waals surface area contributed by atoms with Gasteiger partial charge in [0.15, 0.2) is 0 Å². The molecule has 0 radical (unpaired) electrons. The molecule has 22 heavy (non-hydrogen) atoms. The standard InChI is InChI=1S/C14H16N4O3S/c1-10-8-11(2)17-13(16-10)9-15-14(19)18-22(20,21)12-6-4-3-5-7-12/h3-8H,9H2,1-2H3,(H2,15,18,19). The van der Waals surface area contributed by atoms with Crippen LogP contribution in [-0.4, -0.2) is 24.4 Å². The molecule has 2 rings (SSSR count). The molecule has 8 heteroatoms. The molecule has 2 amide bonds. The van der Waals surface area contributed by atoms with Crippen molar-refractivity contribution in [2.45, 2.75) is 25.3 Å². The monoisotopic (exact) mass is 320 g/mol. The summed E-state index contributed by atoms with van der Waals surface area (Å²) in [6.07, 6.45) is 0. The molecule has 1 heterocycles. The summed E-state index contributed by atoms with van der Waals surface area (Å²) in [5.74, 6) is 0.421. The van der Waals surface area contributed by atoms with Gasteiger partial charge >= 0.3 is 6.03 Å². The van der Waals surface area contributed by atoms with Gasteiger partial charge in [-0.1, -0.05) is 18.2 Å². The van der Waals surface area contributed by atoms with E-state index in [0.717, 1.165) is 11.4 Å². The lowest BCUT2D eigenvalue weighted by atomic mass is 10.3. The van der Waals surface area contributed by atoms with Gasteiger partial charge in [-0.25, -0.2) is 27.9 Å². The second kappa shape index (κ2) is 6.52. The second-order valence-electron chi connectivity index (χ2n) is 4.67. The summed E-state index contributed by atoms with van der Waals surface area (Å²) in [4.78, 5) is 20.1. The summed E-state index contributed by atoms with van der Waals surface area (Å²) in [5.41, 5.74) is 1.56. The van der Waals surface area contributed by atoms with Crippen molar-refractivity contribution in [3.63, 3.8) is 0 Å². The van der Waals surface area contributed by atoms with Gasteiger partial charge in [-0.15, -0.1) is 0 Å². The number of nitrogens with zero attached hydrogens (tertiary/aromatic N) is 2. The van der Waals surface area contributed by atoms with Crippen molar-refractivity contribution < 1.29 is 13.2 Å². The summed E-state index contributed by atoms with van der Waals surface area (Å²) in [7, 11) is -3.88. The van der Waals surface area contributed by atoms with Gasteiger partial charge in [-0.2, -0.15) is 0 Å². The molecule has 0 fully saturated rings. The lowest BCUT2D eigenvalue weighted by molar-refractivity contribution is 0.245. The molecule has 0 aliphatic heterocycles. The lowest BCUT2D eigenvalue weighted by Crippen LogP contribution is -2.39. The van der Waals surface area contributed by atoms with E-state index in [9.17, 15) is 13.2 Å². The van der Waals surface area contributed by atoms with Crippen LogP contribution in [0.25, 0.3) is 0 Å². The van der Waals surface area contributed by atoms with Crippen LogP contribution in [-0.2, 0) is 16.6 Å². The van der Waals surface area contributed by atoms with Gasteiger partial charge in [0.25, 0.3) is 10.0 Å². The highest BCUT2D eigenvalue weighted by Crippen LogP contribution is 2.06. The van der Waals surface area contributed by atoms with Crippen molar-refractivity contribution >= 4 is 16.1 Å². The Morgan fingerprint density at radius 2 is 1.68 bits per heavy atom. The largest absolute Gasteiger partial charge is 0.330 e. The number of sulfonamides is 1. The Balaban J connectivity index is 1.99. The maximum Gasteiger partial charge on any atom is 0.329 e. The number of nitrogens with one attached hydrogen (secondary N) is 2. The highest BCUT2D eigenvalue weighted by molar-refractivity contribution is 7.90. The fraction of sp³-hybridized carbons (Fsp3) is 0.214. The first-order valence-corrected chi connectivity index (χ1v) is 8.02. The lowest BCUT2D eigenvalue weighted by Gasteiger charge is -2.08. The Morgan fingerprint density at radius 3 is 2.27 bits per heavy atom. The summed E-state index contributed by atoms with van der Waals surface area (Å²) < 4.78 is 25.9. The third-order valence-electron chi connectivity index (χ3n) is 2.72. The number of aromatic nitrogens is 2. The number of urea groups is 1. The van der Waals surface area contributed by atoms with Crippen LogP contribution in [0.15, 0.2) is 41.3 Å². The maximum absolute atomic E-state index is 12.0. The highest BCUT2D eigenvalue weighted by Gasteiger charge is 2.16. The smallest absolute Gasteiger partial charge is 0.329 e. The van der Waals surface area contributed by atoms with Gasteiger partial charge in [0.05, 0.1) is 11.4 Å². The minimum absolute atomic E-state index is 0.0211. The molecule has 1 aromatic carbocycles. The number of carbonyl (C=O) groups is 1. The predicted octanol–water partition coefficient (Wildman–Crippen LogP) is 1.28. The van der Waals surface area contributed by atoms with Crippen LogP contribution in [0, 0.1) is 13.8 Å². The minimum Gasteiger partial charge on any atom is -0.330 e. The van der Waals surface area contributed by atoms with Gasteiger partial charge in [0.2, 0.25) is 0 Å². The molecule has 0 saturated carbocycles. The van der Waals surface area contributed by atoms with Crippen molar-refractivity contribution in [1.82, 2.24) is 20.0 Å². The Kier molecular flexibility index (Phi) is 4.71. The Hall–Kier alpha value is -2.48. The summed E-state index contributed by atoms with van der Waals surface area (Å²) in [6.45, 7) is 3.68. The van der Waals surface area contributed by atoms with Gasteiger partial charge < -0.3 is 5.32 Å². The summed E-state index contributed by atoms with van der Waals surface area (Å²) in [6, 6.07) is 8.64. The average Bonchev–Trinajstić information content (AvgIpc) is 2.45. The van der Waals surface area contributed by atoms with Crippen LogP contribution < -0.4 is 10.0 Å². The van der Waals surface area contributed by atoms with E-state index in [0.29, 0.717) is 5.82 Å². The van der Waals surface area contributed by atoms with Crippen LogP contribution in [0.2, 0.25) is 0 Å². The van der Waals surface area contributed by atoms with Gasteiger partial charge in [-0.3, -0.25) is 0 Å². The number of hydrogen-bond donors (Lipinski definition) is 2. The van der Waals surface area contributed by atoms with Crippen LogP contribution in [0.3, 0.4) is 0 Å². The zero-order chi connectivity index (χ0) is 16.2. The van der Waals surface area contributed by atoms with Crippen LogP contribution in [0.4, 0.5) is 4.79 Å². The van der Waals surface area contributed by atoms with E-state index in [1.807, 2.05) is 24.6 Å². The van der Waals surface area contributed by atoms with Crippen molar-refractivity contribution in [1.29, 1.82) is 0 Å². The second-order valence-corrected chi connectivity index (χ2v) is 6.35. The topological polar surface area (TPSA) is 101 Å². The molecule has 0 saturated heterocycles. The Labute approximate surface area is 128 Å². The molecule has 116 valence electrons. The van der Waals surface area contributed by atoms with E-state index < -0.39 is 16.1 Å². The zero-order valence-corrected chi connectivity index (χ0v) is 13.0. The molecule has 0 bridgehead atoms. The first-order chi connectivity index (χ1) is 10.4. The molecular weight excluding hydrogens is 304 g/mol. The van der Waals surface area contributed by atoms with Crippen LogP contribution in [0.1, 0.15) is 17.2 Å². The van der Waals surface area contributed by atoms with Crippen LogP contribution in [0.5, 0.6) is 0 Å². The first-order valence-electron chi connectivity index (χ1n) is 6.54. The predicted molar refractivity (Wildman–Crippen MR) is 80.5 cm³/mol. The van der Waals surface area contributed by atoms with Gasteiger partial charge in [-0.05, 0) is 32.0 Å². The van der Waals surface area contributed by atoms with Crippen molar-refractivity contribution in [2.75, 3.05) is 0 Å². The fourth-order valence-electron chi connectivity index (χ4n) is 1.85. The quantitative estimate of drug-likeness (QED) is 0.884. The molecule has 0 aliphatic carbocycles. The molecule has 2 N–H and O–H groups in total. The van der Waals surface area contributed by atoms with Crippen LogP contribution >= 0.6 is 0 Å². The average molecular weight is 320 g/mol. The molecule has 0 unspecified atom stereocenters. The van der Waals surface area contributed by atoms with Crippen molar-refractivity contribution in [2.24, 2.45) is 0 Å². The number of carbonyl (C=O) groups excluding carboxylic acids is 1. The number of rotatable bonds is 4. The van der Waals surface area contributed by atoms with Crippen molar-refractivity contribution in [3.8, 4) is 0 Å². The highest BCUT2D eigenvalue weighted by atomic mass is 32.2. The van der Waals surface area contributed by atoms with E-state index in [4.69, 9.17) is 0 Å². The molecular formula is C14H16N4O3S. The summed E-state index contributed by atoms with van der Waals surface area (Å²) >= 11 is 0. The summed E-state index contributed by atoms with van der Waals surface area (Å²) in [5, 5.41) is 2.43. The van der Waals surface area contributed by atoms with Gasteiger partial charge in [0, 0.05) is 11.4 Å². The van der Waals surface area contributed by atoms with E-state index in [1.165, 1.54) is 12.1 Å². The van der Waals surface area contributed by atoms with E-state index in [-0.39, 0.29) is 11.4 Å². The third kappa shape index (κ3) is 4.26. The minimum atomic E-state index is -3.88. The number of hydrogen-bond acceptors (Lipinski definition) is 5. The molecule has 0 aliphatic rings. The van der Waals surface area contributed by atoms with Gasteiger partial charge in [0.1, 0.15) is 5.82 Å². The normalized spacial score (nSPS) is 11.0. The number of amides is 2. The molecule has 2 aromatic rings.